The average molecular weight is 276 g/mol. The van der Waals surface area contributed by atoms with Crippen molar-refractivity contribution in [2.45, 2.75) is 38.3 Å². The number of hydrogen-bond donors (Lipinski definition) is 2. The van der Waals surface area contributed by atoms with E-state index in [1.54, 1.807) is 0 Å². The van der Waals surface area contributed by atoms with E-state index in [2.05, 4.69) is 5.32 Å². The smallest absolute Gasteiger partial charge is 0.305 e. The fourth-order valence-electron chi connectivity index (χ4n) is 2.07. The molecule has 1 unspecified atom stereocenters. The van der Waals surface area contributed by atoms with Gasteiger partial charge in [-0.05, 0) is 31.9 Å². The normalized spacial score (nSPS) is 15.4. The van der Waals surface area contributed by atoms with Crippen molar-refractivity contribution in [3.8, 4) is 0 Å². The van der Waals surface area contributed by atoms with Crippen molar-refractivity contribution in [1.29, 1.82) is 0 Å². The van der Waals surface area contributed by atoms with E-state index in [9.17, 15) is 9.59 Å². The van der Waals surface area contributed by atoms with Gasteiger partial charge in [0.2, 0.25) is 5.91 Å². The quantitative estimate of drug-likeness (QED) is 0.794. The molecule has 1 aromatic rings. The summed E-state index contributed by atoms with van der Waals surface area (Å²) in [5, 5.41) is 11.8. The van der Waals surface area contributed by atoms with E-state index < -0.39 is 5.97 Å². The van der Waals surface area contributed by atoms with Gasteiger partial charge in [-0.1, -0.05) is 18.2 Å². The molecule has 1 fully saturated rings. The van der Waals surface area contributed by atoms with E-state index in [1.165, 1.54) is 0 Å². The van der Waals surface area contributed by atoms with Gasteiger partial charge in [-0.3, -0.25) is 9.59 Å². The van der Waals surface area contributed by atoms with Crippen LogP contribution in [0, 0.1) is 0 Å². The first-order chi connectivity index (χ1) is 9.58. The summed E-state index contributed by atoms with van der Waals surface area (Å²) in [4.78, 5) is 24.8. The molecule has 1 aromatic carbocycles. The number of benzene rings is 1. The molecular formula is C15H20N2O3. The van der Waals surface area contributed by atoms with Crippen LogP contribution in [0.3, 0.4) is 0 Å². The minimum Gasteiger partial charge on any atom is -0.481 e. The molecule has 5 heteroatoms. The Hall–Kier alpha value is -2.04. The summed E-state index contributed by atoms with van der Waals surface area (Å²) in [6.45, 7) is 2.13. The predicted octanol–water partition coefficient (Wildman–Crippen LogP) is 1.63. The Balaban J connectivity index is 2.07. The number of nitrogens with zero attached hydrogens (tertiary/aromatic N) is 1. The van der Waals surface area contributed by atoms with Crippen molar-refractivity contribution in [3.05, 3.63) is 30.3 Å². The third kappa shape index (κ3) is 3.98. The second-order valence-corrected chi connectivity index (χ2v) is 5.13. The number of carboxylic acid groups (broad SMARTS) is 1. The van der Waals surface area contributed by atoms with Gasteiger partial charge in [0.1, 0.15) is 6.04 Å². The zero-order valence-corrected chi connectivity index (χ0v) is 11.6. The van der Waals surface area contributed by atoms with Crippen LogP contribution < -0.4 is 10.2 Å². The Bertz CT molecular complexity index is 471. The van der Waals surface area contributed by atoms with Gasteiger partial charge in [0.25, 0.3) is 0 Å². The van der Waals surface area contributed by atoms with Crippen molar-refractivity contribution in [2.24, 2.45) is 0 Å². The Morgan fingerprint density at radius 1 is 1.35 bits per heavy atom. The summed E-state index contributed by atoms with van der Waals surface area (Å²) in [5.41, 5.74) is 0.868. The second kappa shape index (κ2) is 6.41. The van der Waals surface area contributed by atoms with Crippen molar-refractivity contribution in [3.63, 3.8) is 0 Å². The molecule has 1 amide bonds. The summed E-state index contributed by atoms with van der Waals surface area (Å²) in [6, 6.07) is 9.38. The molecule has 1 atom stereocenters. The summed E-state index contributed by atoms with van der Waals surface area (Å²) in [7, 11) is 0. The van der Waals surface area contributed by atoms with Crippen LogP contribution in [0.4, 0.5) is 5.69 Å². The number of amides is 1. The van der Waals surface area contributed by atoms with E-state index in [0.717, 1.165) is 18.5 Å². The van der Waals surface area contributed by atoms with E-state index >= 15 is 0 Å². The third-order valence-corrected chi connectivity index (χ3v) is 3.43. The van der Waals surface area contributed by atoms with Crippen LogP contribution in [0.15, 0.2) is 30.3 Å². The maximum Gasteiger partial charge on any atom is 0.305 e. The first kappa shape index (κ1) is 14.4. The Morgan fingerprint density at radius 2 is 2.00 bits per heavy atom. The van der Waals surface area contributed by atoms with E-state index in [0.29, 0.717) is 12.6 Å². The van der Waals surface area contributed by atoms with Gasteiger partial charge in [-0.15, -0.1) is 0 Å². The molecule has 20 heavy (non-hydrogen) atoms. The summed E-state index contributed by atoms with van der Waals surface area (Å²) in [5.74, 6) is -0.900. The maximum absolute atomic E-state index is 12.2. The molecule has 0 aliphatic heterocycles. The van der Waals surface area contributed by atoms with Crippen LogP contribution >= 0.6 is 0 Å². The molecule has 0 aromatic heterocycles. The molecule has 2 N–H and O–H groups in total. The van der Waals surface area contributed by atoms with Gasteiger partial charge >= 0.3 is 5.97 Å². The van der Waals surface area contributed by atoms with E-state index in [1.807, 2.05) is 42.2 Å². The first-order valence-electron chi connectivity index (χ1n) is 6.92. The fraction of sp³-hybridized carbons (Fsp3) is 0.467. The average Bonchev–Trinajstić information content (AvgIpc) is 3.23. The van der Waals surface area contributed by atoms with E-state index in [-0.39, 0.29) is 18.4 Å². The van der Waals surface area contributed by atoms with E-state index in [4.69, 9.17) is 5.11 Å². The molecule has 108 valence electrons. The van der Waals surface area contributed by atoms with Crippen LogP contribution in [-0.2, 0) is 9.59 Å². The molecule has 0 saturated heterocycles. The number of hydrogen-bond acceptors (Lipinski definition) is 3. The van der Waals surface area contributed by atoms with Crippen LogP contribution in [-0.4, -0.2) is 35.6 Å². The molecule has 0 heterocycles. The van der Waals surface area contributed by atoms with Crippen LogP contribution in [0.1, 0.15) is 26.2 Å². The standard InChI is InChI=1S/C15H20N2O3/c1-11(15(20)16-12-7-8-12)17(10-9-14(18)19)13-5-3-2-4-6-13/h2-6,11-12H,7-10H2,1H3,(H,16,20)(H,18,19). The van der Waals surface area contributed by atoms with Gasteiger partial charge in [-0.25, -0.2) is 0 Å². The first-order valence-corrected chi connectivity index (χ1v) is 6.92. The highest BCUT2D eigenvalue weighted by molar-refractivity contribution is 5.85. The highest BCUT2D eigenvalue weighted by atomic mass is 16.4. The number of anilines is 1. The predicted molar refractivity (Wildman–Crippen MR) is 76.7 cm³/mol. The van der Waals surface area contributed by atoms with Gasteiger partial charge in [0.15, 0.2) is 0 Å². The maximum atomic E-state index is 12.2. The number of carbonyl (C=O) groups excluding carboxylic acids is 1. The third-order valence-electron chi connectivity index (χ3n) is 3.43. The topological polar surface area (TPSA) is 69.6 Å². The van der Waals surface area contributed by atoms with Crippen molar-refractivity contribution < 1.29 is 14.7 Å². The molecule has 5 nitrogen and oxygen atoms in total. The number of aliphatic carboxylic acids is 1. The minimum atomic E-state index is -0.860. The number of carbonyl (C=O) groups is 2. The molecule has 1 saturated carbocycles. The SMILES string of the molecule is CC(C(=O)NC1CC1)N(CCC(=O)O)c1ccccc1. The van der Waals surface area contributed by atoms with Crippen molar-refractivity contribution in [2.75, 3.05) is 11.4 Å². The summed E-state index contributed by atoms with van der Waals surface area (Å²) < 4.78 is 0. The minimum absolute atomic E-state index is 0.00986. The lowest BCUT2D eigenvalue weighted by Gasteiger charge is -2.30. The lowest BCUT2D eigenvalue weighted by Crippen LogP contribution is -2.46. The van der Waals surface area contributed by atoms with Crippen molar-refractivity contribution in [1.82, 2.24) is 5.32 Å². The number of carboxylic acids is 1. The molecule has 1 aliphatic carbocycles. The molecule has 1 aliphatic rings. The number of rotatable bonds is 7. The van der Waals surface area contributed by atoms with Gasteiger partial charge < -0.3 is 15.3 Å². The summed E-state index contributed by atoms with van der Waals surface area (Å²) in [6.07, 6.45) is 2.09. The largest absolute Gasteiger partial charge is 0.481 e. The molecule has 0 bridgehead atoms. The zero-order chi connectivity index (χ0) is 14.5. The van der Waals surface area contributed by atoms with Crippen LogP contribution in [0.5, 0.6) is 0 Å². The van der Waals surface area contributed by atoms with Crippen LogP contribution in [0.25, 0.3) is 0 Å². The Kier molecular flexibility index (Phi) is 4.61. The van der Waals surface area contributed by atoms with Gasteiger partial charge in [-0.2, -0.15) is 0 Å². The zero-order valence-electron chi connectivity index (χ0n) is 11.6. The lowest BCUT2D eigenvalue weighted by molar-refractivity contribution is -0.137. The second-order valence-electron chi connectivity index (χ2n) is 5.13. The monoisotopic (exact) mass is 276 g/mol. The van der Waals surface area contributed by atoms with Gasteiger partial charge in [0.05, 0.1) is 6.42 Å². The van der Waals surface area contributed by atoms with Crippen LogP contribution in [0.2, 0.25) is 0 Å². The lowest BCUT2D eigenvalue weighted by atomic mass is 10.2. The number of para-hydroxylation sites is 1. The molecular weight excluding hydrogens is 256 g/mol. The molecule has 2 rings (SSSR count). The summed E-state index contributed by atoms with van der Waals surface area (Å²) >= 11 is 0. The van der Waals surface area contributed by atoms with Gasteiger partial charge in [0, 0.05) is 18.3 Å². The fourth-order valence-corrected chi connectivity index (χ4v) is 2.07. The molecule has 0 spiro atoms. The Labute approximate surface area is 118 Å². The highest BCUT2D eigenvalue weighted by Crippen LogP contribution is 2.21. The van der Waals surface area contributed by atoms with Crippen molar-refractivity contribution >= 4 is 17.6 Å². The number of nitrogens with one attached hydrogen (secondary N) is 1. The molecule has 0 radical (unpaired) electrons. The Morgan fingerprint density at radius 3 is 2.55 bits per heavy atom. The highest BCUT2D eigenvalue weighted by Gasteiger charge is 2.28.